The van der Waals surface area contributed by atoms with Gasteiger partial charge in [-0.15, -0.1) is 0 Å². The van der Waals surface area contributed by atoms with Crippen molar-refractivity contribution in [1.29, 1.82) is 10.5 Å². The number of carbonyl (C=O) groups is 1. The zero-order chi connectivity index (χ0) is 19.3. The van der Waals surface area contributed by atoms with Crippen LogP contribution in [0.25, 0.3) is 0 Å². The lowest BCUT2D eigenvalue weighted by atomic mass is 10.1. The summed E-state index contributed by atoms with van der Waals surface area (Å²) in [5, 5.41) is 27.6. The van der Waals surface area contributed by atoms with Crippen molar-refractivity contribution >= 4 is 17.4 Å². The molecule has 1 N–H and O–H groups in total. The lowest BCUT2D eigenvalue weighted by Gasteiger charge is -2.19. The number of aromatic hydroxyl groups is 1. The van der Waals surface area contributed by atoms with E-state index in [1.165, 1.54) is 29.7 Å². The van der Waals surface area contributed by atoms with E-state index >= 15 is 0 Å². The number of nitriles is 2. The maximum atomic E-state index is 12.6. The summed E-state index contributed by atoms with van der Waals surface area (Å²) in [6, 6.07) is 8.16. The third kappa shape index (κ3) is 4.59. The van der Waals surface area contributed by atoms with Gasteiger partial charge in [0.1, 0.15) is 10.4 Å². The van der Waals surface area contributed by atoms with Crippen molar-refractivity contribution < 1.29 is 9.90 Å². The van der Waals surface area contributed by atoms with Crippen LogP contribution in [0.5, 0.6) is 5.75 Å². The van der Waals surface area contributed by atoms with E-state index in [0.29, 0.717) is 23.9 Å². The number of phenolic OH excluding ortho intramolecular Hbond substituents is 1. The number of rotatable bonds is 4. The number of carbonyl (C=O) groups excluding carboxylic acids is 1. The molecule has 26 heavy (non-hydrogen) atoms. The molecule has 134 valence electrons. The maximum Gasteiger partial charge on any atom is 0.282 e. The monoisotopic (exact) mass is 368 g/mol. The summed E-state index contributed by atoms with van der Waals surface area (Å²) in [4.78, 5) is 16.7. The molecular weight excluding hydrogens is 348 g/mol. The van der Waals surface area contributed by atoms with Crippen LogP contribution in [0.1, 0.15) is 55.1 Å². The molecule has 2 aromatic rings. The van der Waals surface area contributed by atoms with Gasteiger partial charge in [-0.25, -0.2) is 0 Å². The highest BCUT2D eigenvalue weighted by Gasteiger charge is 2.17. The van der Waals surface area contributed by atoms with E-state index in [-0.39, 0.29) is 22.4 Å². The Morgan fingerprint density at radius 3 is 2.69 bits per heavy atom. The Bertz CT molecular complexity index is 965. The Morgan fingerprint density at radius 2 is 2.08 bits per heavy atom. The fourth-order valence-corrected chi connectivity index (χ4v) is 3.29. The molecule has 1 heterocycles. The van der Waals surface area contributed by atoms with Gasteiger partial charge in [-0.3, -0.25) is 8.75 Å². The highest BCUT2D eigenvalue weighted by atomic mass is 32.1. The molecule has 2 rings (SSSR count). The molecule has 0 radical (unpaired) electrons. The van der Waals surface area contributed by atoms with Crippen molar-refractivity contribution in [2.24, 2.45) is 4.99 Å². The summed E-state index contributed by atoms with van der Waals surface area (Å²) in [6.45, 7) is 6.16. The average Bonchev–Trinajstić information content (AvgIpc) is 2.98. The molecule has 0 spiro atoms. The van der Waals surface area contributed by atoms with Gasteiger partial charge in [-0.1, -0.05) is 0 Å². The van der Waals surface area contributed by atoms with E-state index in [2.05, 4.69) is 31.8 Å². The zero-order valence-electron chi connectivity index (χ0n) is 15.0. The van der Waals surface area contributed by atoms with E-state index in [0.717, 1.165) is 5.56 Å². The van der Waals surface area contributed by atoms with Crippen LogP contribution in [-0.4, -0.2) is 15.0 Å². The van der Waals surface area contributed by atoms with Gasteiger partial charge in [-0.05, 0) is 63.3 Å². The first-order valence-corrected chi connectivity index (χ1v) is 8.95. The summed E-state index contributed by atoms with van der Waals surface area (Å²) in [5.41, 5.74) is 1.02. The van der Waals surface area contributed by atoms with Crippen LogP contribution in [0.2, 0.25) is 0 Å². The van der Waals surface area contributed by atoms with E-state index in [1.807, 2.05) is 16.2 Å². The van der Waals surface area contributed by atoms with Gasteiger partial charge < -0.3 is 5.11 Å². The first-order chi connectivity index (χ1) is 12.3. The minimum atomic E-state index is -0.593. The molecule has 0 unspecified atom stereocenters. The first-order valence-electron chi connectivity index (χ1n) is 8.17. The van der Waals surface area contributed by atoms with E-state index in [4.69, 9.17) is 10.5 Å². The van der Waals surface area contributed by atoms with E-state index in [1.54, 1.807) is 0 Å². The largest absolute Gasteiger partial charge is 0.507 e. The molecule has 0 saturated carbocycles. The lowest BCUT2D eigenvalue weighted by molar-refractivity contribution is 0.0996. The molecule has 0 aliphatic carbocycles. The smallest absolute Gasteiger partial charge is 0.282 e. The number of nitrogens with zero attached hydrogens (tertiary/aromatic N) is 4. The molecule has 1 amide bonds. The number of aromatic nitrogens is 1. The maximum absolute atomic E-state index is 12.6. The quantitative estimate of drug-likeness (QED) is 0.835. The molecule has 0 bridgehead atoms. The van der Waals surface area contributed by atoms with Crippen molar-refractivity contribution in [2.45, 2.75) is 45.6 Å². The molecule has 1 aromatic carbocycles. The number of benzene rings is 1. The summed E-state index contributed by atoms with van der Waals surface area (Å²) in [6.07, 6.45) is 3.72. The first kappa shape index (κ1) is 19.4. The highest BCUT2D eigenvalue weighted by Crippen LogP contribution is 2.20. The molecular formula is C19H20N4O2S. The fraction of sp³-hybridized carbons (Fsp3) is 0.368. The molecule has 0 saturated heterocycles. The molecule has 6 nitrogen and oxygen atoms in total. The molecule has 1 aromatic heterocycles. The summed E-state index contributed by atoms with van der Waals surface area (Å²) in [5.74, 6) is -0.798. The number of amides is 1. The van der Waals surface area contributed by atoms with Crippen LogP contribution in [0.15, 0.2) is 29.4 Å². The van der Waals surface area contributed by atoms with Gasteiger partial charge in [0.05, 0.1) is 23.3 Å². The number of hydrogen-bond donors (Lipinski definition) is 1. The van der Waals surface area contributed by atoms with Crippen LogP contribution in [-0.2, 0) is 12.0 Å². The Hall–Kier alpha value is -2.90. The molecule has 0 atom stereocenters. The van der Waals surface area contributed by atoms with Gasteiger partial charge in [0.25, 0.3) is 5.91 Å². The van der Waals surface area contributed by atoms with Gasteiger partial charge >= 0.3 is 0 Å². The predicted molar refractivity (Wildman–Crippen MR) is 98.6 cm³/mol. The number of unbranched alkanes of at least 4 members (excludes halogenated alkanes) is 1. The summed E-state index contributed by atoms with van der Waals surface area (Å²) >= 11 is 1.36. The average molecular weight is 368 g/mol. The molecule has 0 aliphatic rings. The lowest BCUT2D eigenvalue weighted by Crippen LogP contribution is -2.18. The van der Waals surface area contributed by atoms with Crippen molar-refractivity contribution in [1.82, 2.24) is 3.96 Å². The van der Waals surface area contributed by atoms with Crippen LogP contribution in [0.4, 0.5) is 0 Å². The second kappa shape index (κ2) is 7.99. The van der Waals surface area contributed by atoms with Crippen LogP contribution < -0.4 is 4.67 Å². The van der Waals surface area contributed by atoms with Crippen LogP contribution >= 0.6 is 11.5 Å². The second-order valence-corrected chi connectivity index (χ2v) is 7.78. The number of aryl methyl sites for hydroxylation is 1. The fourth-order valence-electron chi connectivity index (χ4n) is 2.26. The SMILES string of the molecule is CC(C)(C)n1cc(CCCC#N)/c(=N/C(=O)c2cc(C#N)ccc2O)s1. The standard InChI is InChI=1S/C19H20N4O2S/c1-19(2,3)23-12-14(6-4-5-9-20)18(26-23)22-17(25)15-10-13(11-21)7-8-16(15)24/h7-8,10,12,24H,4-6H2,1-3H3/b22-18-. The minimum absolute atomic E-state index is 0.00253. The second-order valence-electron chi connectivity index (χ2n) is 6.82. The van der Waals surface area contributed by atoms with Crippen LogP contribution in [0, 0.1) is 22.7 Å². The van der Waals surface area contributed by atoms with Gasteiger partial charge in [0.15, 0.2) is 0 Å². The van der Waals surface area contributed by atoms with Crippen LogP contribution in [0.3, 0.4) is 0 Å². The summed E-state index contributed by atoms with van der Waals surface area (Å²) < 4.78 is 2.58. The van der Waals surface area contributed by atoms with Crippen molar-refractivity contribution in [2.75, 3.05) is 0 Å². The van der Waals surface area contributed by atoms with Crippen molar-refractivity contribution in [3.63, 3.8) is 0 Å². The zero-order valence-corrected chi connectivity index (χ0v) is 15.8. The number of hydrogen-bond acceptors (Lipinski definition) is 5. The van der Waals surface area contributed by atoms with Gasteiger partial charge in [0, 0.05) is 23.7 Å². The normalized spacial score (nSPS) is 11.8. The molecule has 0 fully saturated rings. The van der Waals surface area contributed by atoms with E-state index < -0.39 is 5.91 Å². The Labute approximate surface area is 156 Å². The van der Waals surface area contributed by atoms with Crippen molar-refractivity contribution in [3.05, 3.63) is 45.8 Å². The number of phenols is 1. The van der Waals surface area contributed by atoms with Gasteiger partial charge in [-0.2, -0.15) is 15.5 Å². The Morgan fingerprint density at radius 1 is 1.35 bits per heavy atom. The Kier molecular flexibility index (Phi) is 5.97. The van der Waals surface area contributed by atoms with E-state index in [9.17, 15) is 9.90 Å². The predicted octanol–water partition coefficient (Wildman–Crippen LogP) is 3.47. The third-order valence-electron chi connectivity index (χ3n) is 3.69. The molecule has 7 heteroatoms. The summed E-state index contributed by atoms with van der Waals surface area (Å²) in [7, 11) is 0. The molecule has 0 aliphatic heterocycles. The minimum Gasteiger partial charge on any atom is -0.507 e. The van der Waals surface area contributed by atoms with Crippen molar-refractivity contribution in [3.8, 4) is 17.9 Å². The van der Waals surface area contributed by atoms with Gasteiger partial charge in [0.2, 0.25) is 0 Å². The Balaban J connectivity index is 2.48. The third-order valence-corrected chi connectivity index (χ3v) is 5.06. The highest BCUT2D eigenvalue weighted by molar-refractivity contribution is 7.04. The topological polar surface area (TPSA) is 102 Å².